The molecule has 0 aliphatic rings. The Hall–Kier alpha value is -3.80. The van der Waals surface area contributed by atoms with Gasteiger partial charge in [-0.2, -0.15) is 0 Å². The maximum atomic E-state index is 12.3. The number of rotatable bonds is 7. The number of benzene rings is 2. The van der Waals surface area contributed by atoms with Crippen LogP contribution in [-0.2, 0) is 6.42 Å². The summed E-state index contributed by atoms with van der Waals surface area (Å²) in [4.78, 5) is 25.2. The van der Waals surface area contributed by atoms with Gasteiger partial charge in [-0.3, -0.25) is 9.78 Å². The van der Waals surface area contributed by atoms with Crippen molar-refractivity contribution in [2.24, 2.45) is 0 Å². The fourth-order valence-electron chi connectivity index (χ4n) is 3.08. The minimum Gasteiger partial charge on any atom is -0.351 e. The minimum absolute atomic E-state index is 0.219. The molecule has 2 aromatic carbocycles. The summed E-state index contributed by atoms with van der Waals surface area (Å²) in [5, 5.41) is 7.15. The van der Waals surface area contributed by atoms with Crippen molar-refractivity contribution in [3.8, 4) is 0 Å². The van der Waals surface area contributed by atoms with E-state index in [-0.39, 0.29) is 5.91 Å². The number of hydrogen-bond donors (Lipinski definition) is 2. The Labute approximate surface area is 169 Å². The monoisotopic (exact) mass is 383 g/mol. The molecule has 4 rings (SSSR count). The lowest BCUT2D eigenvalue weighted by molar-refractivity contribution is 0.0948. The molecule has 0 atom stereocenters. The van der Waals surface area contributed by atoms with Crippen LogP contribution in [0.1, 0.15) is 22.5 Å². The molecule has 0 radical (unpaired) electrons. The zero-order chi connectivity index (χ0) is 19.9. The van der Waals surface area contributed by atoms with E-state index in [0.717, 1.165) is 29.4 Å². The van der Waals surface area contributed by atoms with E-state index in [4.69, 9.17) is 0 Å². The molecular formula is C23H21N5O. The van der Waals surface area contributed by atoms with Crippen LogP contribution >= 0.6 is 0 Å². The predicted molar refractivity (Wildman–Crippen MR) is 114 cm³/mol. The van der Waals surface area contributed by atoms with Gasteiger partial charge in [0.1, 0.15) is 11.5 Å². The average molecular weight is 383 g/mol. The van der Waals surface area contributed by atoms with Crippen molar-refractivity contribution in [3.05, 3.63) is 90.5 Å². The summed E-state index contributed by atoms with van der Waals surface area (Å²) in [5.41, 5.74) is 3.26. The summed E-state index contributed by atoms with van der Waals surface area (Å²) in [6.45, 7) is 0.594. The second-order valence-corrected chi connectivity index (χ2v) is 6.64. The molecule has 6 heteroatoms. The molecule has 0 unspecified atom stereocenters. The topological polar surface area (TPSA) is 79.8 Å². The fraction of sp³-hybridized carbons (Fsp3) is 0.130. The summed E-state index contributed by atoms with van der Waals surface area (Å²) in [6, 6.07) is 20.0. The molecular weight excluding hydrogens is 362 g/mol. The first-order valence-electron chi connectivity index (χ1n) is 9.54. The first kappa shape index (κ1) is 18.6. The van der Waals surface area contributed by atoms with Crippen LogP contribution in [0.15, 0.2) is 79.3 Å². The van der Waals surface area contributed by atoms with Crippen molar-refractivity contribution in [2.45, 2.75) is 12.8 Å². The van der Waals surface area contributed by atoms with Crippen molar-refractivity contribution in [3.63, 3.8) is 0 Å². The van der Waals surface area contributed by atoms with Crippen molar-refractivity contribution in [1.82, 2.24) is 20.3 Å². The number of para-hydroxylation sites is 1. The SMILES string of the molecule is O=C(NCCCc1ccccc1)c1cnc(Nc2cccc3cccnc23)cn1. The highest BCUT2D eigenvalue weighted by Gasteiger charge is 2.08. The highest BCUT2D eigenvalue weighted by molar-refractivity contribution is 5.93. The number of carbonyl (C=O) groups is 1. The number of amides is 1. The summed E-state index contributed by atoms with van der Waals surface area (Å²) in [7, 11) is 0. The largest absolute Gasteiger partial charge is 0.351 e. The van der Waals surface area contributed by atoms with Gasteiger partial charge in [-0.15, -0.1) is 0 Å². The average Bonchev–Trinajstić information content (AvgIpc) is 2.78. The van der Waals surface area contributed by atoms with Crippen LogP contribution in [-0.4, -0.2) is 27.4 Å². The second-order valence-electron chi connectivity index (χ2n) is 6.64. The number of pyridine rings is 1. The van der Waals surface area contributed by atoms with Crippen molar-refractivity contribution in [1.29, 1.82) is 0 Å². The van der Waals surface area contributed by atoms with E-state index < -0.39 is 0 Å². The van der Waals surface area contributed by atoms with Crippen LogP contribution in [0.25, 0.3) is 10.9 Å². The van der Waals surface area contributed by atoms with Gasteiger partial charge in [0.15, 0.2) is 0 Å². The molecule has 144 valence electrons. The molecule has 0 bridgehead atoms. The van der Waals surface area contributed by atoms with Crippen molar-refractivity contribution in [2.75, 3.05) is 11.9 Å². The van der Waals surface area contributed by atoms with E-state index in [1.165, 1.54) is 11.8 Å². The standard InChI is InChI=1S/C23H21N5O/c29-23(25-14-5-9-17-7-2-1-3-8-17)20-15-27-21(16-26-20)28-19-12-4-10-18-11-6-13-24-22(18)19/h1-4,6-8,10-13,15-16H,5,9,14H2,(H,25,29)(H,27,28). The van der Waals surface area contributed by atoms with Gasteiger partial charge in [0.25, 0.3) is 5.91 Å². The molecule has 29 heavy (non-hydrogen) atoms. The number of nitrogens with zero attached hydrogens (tertiary/aromatic N) is 3. The number of fused-ring (bicyclic) bond motifs is 1. The number of aryl methyl sites for hydroxylation is 1. The Morgan fingerprint density at radius 3 is 2.55 bits per heavy atom. The Bertz CT molecular complexity index is 1090. The molecule has 2 aromatic heterocycles. The number of carbonyl (C=O) groups excluding carboxylic acids is 1. The quantitative estimate of drug-likeness (QED) is 0.469. The molecule has 2 N–H and O–H groups in total. The van der Waals surface area contributed by atoms with E-state index in [0.29, 0.717) is 18.1 Å². The molecule has 0 aliphatic heterocycles. The smallest absolute Gasteiger partial charge is 0.271 e. The number of hydrogen-bond acceptors (Lipinski definition) is 5. The highest BCUT2D eigenvalue weighted by atomic mass is 16.1. The lowest BCUT2D eigenvalue weighted by Gasteiger charge is -2.09. The maximum absolute atomic E-state index is 12.3. The van der Waals surface area contributed by atoms with Gasteiger partial charge < -0.3 is 10.6 Å². The molecule has 1 amide bonds. The van der Waals surface area contributed by atoms with Crippen molar-refractivity contribution >= 4 is 28.3 Å². The second kappa shape index (κ2) is 8.93. The normalized spacial score (nSPS) is 10.6. The lowest BCUT2D eigenvalue weighted by atomic mass is 10.1. The van der Waals surface area contributed by atoms with Gasteiger partial charge in [-0.1, -0.05) is 48.5 Å². The van der Waals surface area contributed by atoms with Gasteiger partial charge >= 0.3 is 0 Å². The lowest BCUT2D eigenvalue weighted by Crippen LogP contribution is -2.25. The Morgan fingerprint density at radius 2 is 1.72 bits per heavy atom. The third-order valence-electron chi connectivity index (χ3n) is 4.55. The van der Waals surface area contributed by atoms with Gasteiger partial charge in [-0.25, -0.2) is 9.97 Å². The van der Waals surface area contributed by atoms with Gasteiger partial charge in [0, 0.05) is 18.1 Å². The van der Waals surface area contributed by atoms with Crippen LogP contribution < -0.4 is 10.6 Å². The van der Waals surface area contributed by atoms with Gasteiger partial charge in [0.05, 0.1) is 23.6 Å². The van der Waals surface area contributed by atoms with E-state index in [9.17, 15) is 4.79 Å². The number of aromatic nitrogens is 3. The number of anilines is 2. The van der Waals surface area contributed by atoms with Gasteiger partial charge in [0.2, 0.25) is 0 Å². The summed E-state index contributed by atoms with van der Waals surface area (Å²) in [5.74, 6) is 0.340. The van der Waals surface area contributed by atoms with E-state index >= 15 is 0 Å². The van der Waals surface area contributed by atoms with Crippen LogP contribution in [0.5, 0.6) is 0 Å². The minimum atomic E-state index is -0.219. The van der Waals surface area contributed by atoms with Crippen LogP contribution in [0, 0.1) is 0 Å². The Morgan fingerprint density at radius 1 is 0.862 bits per heavy atom. The summed E-state index contributed by atoms with van der Waals surface area (Å²) >= 11 is 0. The first-order valence-corrected chi connectivity index (χ1v) is 9.54. The van der Waals surface area contributed by atoms with E-state index in [2.05, 4.69) is 37.7 Å². The zero-order valence-electron chi connectivity index (χ0n) is 15.9. The zero-order valence-corrected chi connectivity index (χ0v) is 15.9. The molecule has 0 spiro atoms. The van der Waals surface area contributed by atoms with Crippen LogP contribution in [0.4, 0.5) is 11.5 Å². The van der Waals surface area contributed by atoms with Crippen LogP contribution in [0.3, 0.4) is 0 Å². The molecule has 6 nitrogen and oxygen atoms in total. The highest BCUT2D eigenvalue weighted by Crippen LogP contribution is 2.23. The predicted octanol–water partition coefficient (Wildman–Crippen LogP) is 4.13. The van der Waals surface area contributed by atoms with Gasteiger partial charge in [-0.05, 0) is 30.5 Å². The molecule has 0 fully saturated rings. The fourth-order valence-corrected chi connectivity index (χ4v) is 3.08. The maximum Gasteiger partial charge on any atom is 0.271 e. The first-order chi connectivity index (χ1) is 14.3. The molecule has 0 aliphatic carbocycles. The molecule has 0 saturated carbocycles. The molecule has 2 heterocycles. The summed E-state index contributed by atoms with van der Waals surface area (Å²) in [6.07, 6.45) is 6.59. The Kier molecular flexibility index (Phi) is 5.71. The molecule has 0 saturated heterocycles. The number of nitrogens with one attached hydrogen (secondary N) is 2. The van der Waals surface area contributed by atoms with E-state index in [1.54, 1.807) is 12.4 Å². The van der Waals surface area contributed by atoms with Crippen LogP contribution in [0.2, 0.25) is 0 Å². The third-order valence-corrected chi connectivity index (χ3v) is 4.55. The molecule has 4 aromatic rings. The summed E-state index contributed by atoms with van der Waals surface area (Å²) < 4.78 is 0. The van der Waals surface area contributed by atoms with Crippen molar-refractivity contribution < 1.29 is 4.79 Å². The Balaban J connectivity index is 1.33. The van der Waals surface area contributed by atoms with E-state index in [1.807, 2.05) is 48.5 Å². The third kappa shape index (κ3) is 4.73.